The molecule has 0 saturated carbocycles. The van der Waals surface area contributed by atoms with Crippen molar-refractivity contribution in [2.45, 2.75) is 11.7 Å². The maximum atomic E-state index is 12.2. The Morgan fingerprint density at radius 2 is 1.71 bits per heavy atom. The van der Waals surface area contributed by atoms with Gasteiger partial charge in [0.25, 0.3) is 0 Å². The highest BCUT2D eigenvalue weighted by Gasteiger charge is 2.26. The lowest BCUT2D eigenvalue weighted by Gasteiger charge is -2.15. The number of nitrogens with zero attached hydrogens (tertiary/aromatic N) is 1. The number of benzene rings is 2. The van der Waals surface area contributed by atoms with Crippen LogP contribution in [0, 0.1) is 0 Å². The van der Waals surface area contributed by atoms with Crippen LogP contribution in [-0.2, 0) is 4.79 Å². The van der Waals surface area contributed by atoms with Crippen molar-refractivity contribution in [1.29, 1.82) is 0 Å². The molecule has 1 N–H and O–H groups in total. The number of carbonyl (C=O) groups is 2. The van der Waals surface area contributed by atoms with E-state index in [0.29, 0.717) is 6.54 Å². The number of hydrogen-bond donors (Lipinski definition) is 1. The average Bonchev–Trinajstić information content (AvgIpc) is 3.03. The summed E-state index contributed by atoms with van der Waals surface area (Å²) in [5.74, 6) is -0.0127. The second kappa shape index (κ2) is 8.13. The van der Waals surface area contributed by atoms with Crippen LogP contribution in [0.3, 0.4) is 0 Å². The molecule has 1 fully saturated rings. The molecule has 4 nitrogen and oxygen atoms in total. The molecule has 1 aliphatic heterocycles. The molecule has 2 aromatic carbocycles. The lowest BCUT2D eigenvalue weighted by molar-refractivity contribution is -0.117. The van der Waals surface area contributed by atoms with Crippen LogP contribution in [-0.4, -0.2) is 40.8 Å². The minimum atomic E-state index is -0.0127. The fourth-order valence-electron chi connectivity index (χ4n) is 2.76. The molecule has 5 heteroatoms. The summed E-state index contributed by atoms with van der Waals surface area (Å²) in [6, 6.07) is 18.8. The predicted molar refractivity (Wildman–Crippen MR) is 98.3 cm³/mol. The standard InChI is InChI=1S/C19H20N2O2S/c22-18(20-16-9-5-2-6-10-16)14-21-12-11-17(13-21)24-19(23)15-7-3-1-4-8-15/h1-10,17H,11-14H2,(H,20,22)/t17-/m0/s1. The number of anilines is 1. The van der Waals surface area contributed by atoms with Gasteiger partial charge in [-0.2, -0.15) is 0 Å². The number of nitrogens with one attached hydrogen (secondary N) is 1. The third kappa shape index (κ3) is 4.69. The summed E-state index contributed by atoms with van der Waals surface area (Å²) in [5.41, 5.74) is 1.55. The van der Waals surface area contributed by atoms with E-state index in [-0.39, 0.29) is 16.3 Å². The first-order valence-electron chi connectivity index (χ1n) is 8.04. The Labute approximate surface area is 146 Å². The van der Waals surface area contributed by atoms with Gasteiger partial charge in [-0.25, -0.2) is 0 Å². The maximum absolute atomic E-state index is 12.2. The minimum absolute atomic E-state index is 0.0127. The summed E-state index contributed by atoms with van der Waals surface area (Å²) in [6.45, 7) is 1.98. The van der Waals surface area contributed by atoms with Crippen LogP contribution in [0.1, 0.15) is 16.8 Å². The van der Waals surface area contributed by atoms with Crippen LogP contribution in [0.15, 0.2) is 60.7 Å². The van der Waals surface area contributed by atoms with Gasteiger partial charge in [0.05, 0.1) is 6.54 Å². The van der Waals surface area contributed by atoms with Gasteiger partial charge in [-0.1, -0.05) is 60.3 Å². The van der Waals surface area contributed by atoms with E-state index in [1.165, 1.54) is 11.8 Å². The quantitative estimate of drug-likeness (QED) is 0.907. The number of thioether (sulfide) groups is 1. The molecule has 1 aliphatic rings. The van der Waals surface area contributed by atoms with Gasteiger partial charge in [0.15, 0.2) is 0 Å². The van der Waals surface area contributed by atoms with Crippen LogP contribution in [0.2, 0.25) is 0 Å². The van der Waals surface area contributed by atoms with Gasteiger partial charge in [-0.3, -0.25) is 14.5 Å². The molecule has 1 amide bonds. The summed E-state index contributed by atoms with van der Waals surface area (Å²) < 4.78 is 0. The summed E-state index contributed by atoms with van der Waals surface area (Å²) >= 11 is 1.38. The zero-order valence-electron chi connectivity index (χ0n) is 13.4. The lowest BCUT2D eigenvalue weighted by Crippen LogP contribution is -2.32. The van der Waals surface area contributed by atoms with Crippen LogP contribution < -0.4 is 5.32 Å². The molecular weight excluding hydrogens is 320 g/mol. The van der Waals surface area contributed by atoms with Crippen LogP contribution >= 0.6 is 11.8 Å². The number of likely N-dealkylation sites (tertiary alicyclic amines) is 1. The summed E-state index contributed by atoms with van der Waals surface area (Å²) in [6.07, 6.45) is 0.932. The van der Waals surface area contributed by atoms with Gasteiger partial charge in [0, 0.05) is 23.0 Å². The van der Waals surface area contributed by atoms with E-state index in [9.17, 15) is 9.59 Å². The second-order valence-corrected chi connectivity index (χ2v) is 7.10. The van der Waals surface area contributed by atoms with Crippen molar-refractivity contribution in [3.63, 3.8) is 0 Å². The predicted octanol–water partition coefficient (Wildman–Crippen LogP) is 3.27. The van der Waals surface area contributed by atoms with Gasteiger partial charge in [0.2, 0.25) is 11.0 Å². The van der Waals surface area contributed by atoms with E-state index >= 15 is 0 Å². The van der Waals surface area contributed by atoms with Gasteiger partial charge in [-0.15, -0.1) is 0 Å². The van der Waals surface area contributed by atoms with E-state index in [4.69, 9.17) is 0 Å². The van der Waals surface area contributed by atoms with Crippen molar-refractivity contribution < 1.29 is 9.59 Å². The first kappa shape index (κ1) is 16.7. The molecule has 1 saturated heterocycles. The molecule has 24 heavy (non-hydrogen) atoms. The van der Waals surface area contributed by atoms with Crippen molar-refractivity contribution in [2.24, 2.45) is 0 Å². The van der Waals surface area contributed by atoms with Gasteiger partial charge in [0.1, 0.15) is 0 Å². The average molecular weight is 340 g/mol. The highest BCUT2D eigenvalue weighted by atomic mass is 32.2. The summed E-state index contributed by atoms with van der Waals surface area (Å²) in [4.78, 5) is 26.4. The van der Waals surface area contributed by atoms with E-state index in [1.54, 1.807) is 0 Å². The molecule has 1 heterocycles. The number of amides is 1. The van der Waals surface area contributed by atoms with E-state index < -0.39 is 0 Å². The Hall–Kier alpha value is -2.11. The van der Waals surface area contributed by atoms with Gasteiger partial charge in [-0.05, 0) is 25.1 Å². The molecule has 0 radical (unpaired) electrons. The molecule has 0 unspecified atom stereocenters. The number of carbonyl (C=O) groups excluding carboxylic acids is 2. The number of hydrogen-bond acceptors (Lipinski definition) is 4. The molecule has 1 atom stereocenters. The molecule has 2 aromatic rings. The molecule has 0 aromatic heterocycles. The van der Waals surface area contributed by atoms with Crippen molar-refractivity contribution in [1.82, 2.24) is 4.90 Å². The van der Waals surface area contributed by atoms with Crippen molar-refractivity contribution in [2.75, 3.05) is 25.0 Å². The van der Waals surface area contributed by atoms with Gasteiger partial charge < -0.3 is 5.32 Å². The Morgan fingerprint density at radius 1 is 1.04 bits per heavy atom. The fourth-order valence-corrected chi connectivity index (χ4v) is 3.84. The van der Waals surface area contributed by atoms with Crippen LogP contribution in [0.5, 0.6) is 0 Å². The monoisotopic (exact) mass is 340 g/mol. The number of rotatable bonds is 5. The third-order valence-electron chi connectivity index (χ3n) is 3.94. The first-order valence-corrected chi connectivity index (χ1v) is 8.92. The highest BCUT2D eigenvalue weighted by Crippen LogP contribution is 2.25. The van der Waals surface area contributed by atoms with Crippen molar-refractivity contribution in [3.05, 3.63) is 66.2 Å². The Morgan fingerprint density at radius 3 is 2.42 bits per heavy atom. The molecule has 124 valence electrons. The zero-order valence-corrected chi connectivity index (χ0v) is 14.2. The largest absolute Gasteiger partial charge is 0.325 e. The first-order chi connectivity index (χ1) is 11.7. The number of para-hydroxylation sites is 1. The molecule has 3 rings (SSSR count). The van der Waals surface area contributed by atoms with Crippen LogP contribution in [0.4, 0.5) is 5.69 Å². The fraction of sp³-hybridized carbons (Fsp3) is 0.263. The normalized spacial score (nSPS) is 17.6. The minimum Gasteiger partial charge on any atom is -0.325 e. The highest BCUT2D eigenvalue weighted by molar-refractivity contribution is 8.14. The molecule has 0 bridgehead atoms. The van der Waals surface area contributed by atoms with E-state index in [1.807, 2.05) is 60.7 Å². The SMILES string of the molecule is O=C(CN1CC[C@H](SC(=O)c2ccccc2)C1)Nc1ccccc1. The van der Waals surface area contributed by atoms with Crippen molar-refractivity contribution >= 4 is 28.5 Å². The van der Waals surface area contributed by atoms with Gasteiger partial charge >= 0.3 is 0 Å². The maximum Gasteiger partial charge on any atom is 0.238 e. The zero-order chi connectivity index (χ0) is 16.8. The molecule has 0 aliphatic carbocycles. The van der Waals surface area contributed by atoms with Crippen molar-refractivity contribution in [3.8, 4) is 0 Å². The Balaban J connectivity index is 1.45. The van der Waals surface area contributed by atoms with E-state index in [2.05, 4.69) is 10.2 Å². The summed E-state index contributed by atoms with van der Waals surface area (Å²) in [7, 11) is 0. The second-order valence-electron chi connectivity index (χ2n) is 5.83. The topological polar surface area (TPSA) is 49.4 Å². The van der Waals surface area contributed by atoms with E-state index in [0.717, 1.165) is 30.8 Å². The molecular formula is C19H20N2O2S. The summed E-state index contributed by atoms with van der Waals surface area (Å²) in [5, 5.41) is 3.26. The smallest absolute Gasteiger partial charge is 0.238 e. The Kier molecular flexibility index (Phi) is 5.67. The van der Waals surface area contributed by atoms with Crippen LogP contribution in [0.25, 0.3) is 0 Å². The lowest BCUT2D eigenvalue weighted by atomic mass is 10.2. The third-order valence-corrected chi connectivity index (χ3v) is 5.10. The molecule has 0 spiro atoms. The Bertz CT molecular complexity index is 691.